The second kappa shape index (κ2) is 5.30. The molecule has 0 radical (unpaired) electrons. The summed E-state index contributed by atoms with van der Waals surface area (Å²) in [5.41, 5.74) is 2.62. The summed E-state index contributed by atoms with van der Waals surface area (Å²) in [4.78, 5) is 15.9. The normalized spacial score (nSPS) is 10.9. The highest BCUT2D eigenvalue weighted by Gasteiger charge is 2.08. The van der Waals surface area contributed by atoms with E-state index in [1.165, 1.54) is 11.8 Å². The van der Waals surface area contributed by atoms with E-state index in [2.05, 4.69) is 19.9 Å². The molecule has 20 heavy (non-hydrogen) atoms. The van der Waals surface area contributed by atoms with Crippen LogP contribution in [0.15, 0.2) is 34.4 Å². The molecule has 0 saturated carbocycles. The summed E-state index contributed by atoms with van der Waals surface area (Å²) in [6, 6.07) is 7.56. The number of fused-ring (bicyclic) bond motifs is 1. The zero-order valence-electron chi connectivity index (χ0n) is 10.8. The summed E-state index contributed by atoms with van der Waals surface area (Å²) in [6.45, 7) is 1.88. The molecule has 3 aromatic rings. The summed E-state index contributed by atoms with van der Waals surface area (Å²) in [7, 11) is 1.64. The lowest BCUT2D eigenvalue weighted by molar-refractivity contribution is 0.415. The first kappa shape index (κ1) is 13.2. The summed E-state index contributed by atoms with van der Waals surface area (Å²) in [6.07, 6.45) is 0. The Kier molecular flexibility index (Phi) is 3.50. The van der Waals surface area contributed by atoms with E-state index in [9.17, 15) is 0 Å². The van der Waals surface area contributed by atoms with Crippen LogP contribution in [0.5, 0.6) is 5.75 Å². The van der Waals surface area contributed by atoms with E-state index in [1.807, 2.05) is 31.2 Å². The Balaban J connectivity index is 1.94. The molecule has 3 rings (SSSR count). The lowest BCUT2D eigenvalue weighted by atomic mass is 10.3. The first-order valence-corrected chi connectivity index (χ1v) is 7.06. The maximum absolute atomic E-state index is 5.85. The van der Waals surface area contributed by atoms with Crippen molar-refractivity contribution in [3.05, 3.63) is 35.2 Å². The number of halogens is 1. The van der Waals surface area contributed by atoms with Gasteiger partial charge in [0, 0.05) is 11.8 Å². The Bertz CT molecular complexity index is 754. The maximum atomic E-state index is 5.85. The van der Waals surface area contributed by atoms with E-state index in [1.54, 1.807) is 7.11 Å². The summed E-state index contributed by atoms with van der Waals surface area (Å²) >= 11 is 7.26. The van der Waals surface area contributed by atoms with Crippen LogP contribution in [0.2, 0.25) is 5.28 Å². The van der Waals surface area contributed by atoms with E-state index in [-0.39, 0.29) is 5.28 Å². The van der Waals surface area contributed by atoms with Crippen molar-refractivity contribution < 1.29 is 4.74 Å². The summed E-state index contributed by atoms with van der Waals surface area (Å²) < 4.78 is 5.19. The van der Waals surface area contributed by atoms with Gasteiger partial charge in [-0.3, -0.25) is 0 Å². The monoisotopic (exact) mass is 306 g/mol. The molecule has 1 aromatic carbocycles. The van der Waals surface area contributed by atoms with E-state index >= 15 is 0 Å². The van der Waals surface area contributed by atoms with Crippen molar-refractivity contribution in [1.82, 2.24) is 19.9 Å². The van der Waals surface area contributed by atoms with Gasteiger partial charge in [-0.2, -0.15) is 0 Å². The quantitative estimate of drug-likeness (QED) is 0.593. The van der Waals surface area contributed by atoms with Gasteiger partial charge in [0.15, 0.2) is 5.16 Å². The Hall–Kier alpha value is -1.79. The number of nitrogens with zero attached hydrogens (tertiary/aromatic N) is 3. The Morgan fingerprint density at radius 3 is 2.80 bits per heavy atom. The van der Waals surface area contributed by atoms with Crippen LogP contribution in [0.1, 0.15) is 5.69 Å². The lowest BCUT2D eigenvalue weighted by Crippen LogP contribution is -1.89. The van der Waals surface area contributed by atoms with Crippen LogP contribution in [-0.2, 0) is 0 Å². The number of nitrogens with one attached hydrogen (secondary N) is 1. The van der Waals surface area contributed by atoms with Crippen molar-refractivity contribution in [1.29, 1.82) is 0 Å². The number of aryl methyl sites for hydroxylation is 1. The van der Waals surface area contributed by atoms with E-state index in [0.29, 0.717) is 0 Å². The van der Waals surface area contributed by atoms with Crippen LogP contribution in [0, 0.1) is 6.92 Å². The van der Waals surface area contributed by atoms with Crippen molar-refractivity contribution in [3.63, 3.8) is 0 Å². The Morgan fingerprint density at radius 1 is 1.20 bits per heavy atom. The Labute approximate surface area is 124 Å². The number of aromatic nitrogens is 4. The molecular weight excluding hydrogens is 296 g/mol. The lowest BCUT2D eigenvalue weighted by Gasteiger charge is -1.99. The number of aromatic amines is 1. The molecule has 0 fully saturated rings. The minimum atomic E-state index is 0.241. The second-order valence-electron chi connectivity index (χ2n) is 4.14. The van der Waals surface area contributed by atoms with E-state index in [4.69, 9.17) is 16.3 Å². The van der Waals surface area contributed by atoms with Gasteiger partial charge in [-0.1, -0.05) is 0 Å². The average molecular weight is 307 g/mol. The first-order chi connectivity index (χ1) is 9.64. The third-order valence-corrected chi connectivity index (χ3v) is 3.65. The van der Waals surface area contributed by atoms with Gasteiger partial charge in [0.2, 0.25) is 5.28 Å². The van der Waals surface area contributed by atoms with Crippen molar-refractivity contribution in [2.75, 3.05) is 7.11 Å². The molecule has 5 nitrogen and oxygen atoms in total. The molecule has 0 aliphatic rings. The fraction of sp³-hybridized carbons (Fsp3) is 0.154. The molecule has 0 aliphatic heterocycles. The number of benzene rings is 1. The molecule has 0 atom stereocenters. The predicted molar refractivity (Wildman–Crippen MR) is 78.5 cm³/mol. The molecule has 102 valence electrons. The first-order valence-electron chi connectivity index (χ1n) is 5.87. The molecule has 7 heteroatoms. The van der Waals surface area contributed by atoms with Crippen LogP contribution in [0.4, 0.5) is 0 Å². The molecule has 2 heterocycles. The van der Waals surface area contributed by atoms with Gasteiger partial charge in [0.1, 0.15) is 10.8 Å². The van der Waals surface area contributed by atoms with Gasteiger partial charge in [0.25, 0.3) is 0 Å². The van der Waals surface area contributed by atoms with Gasteiger partial charge in [-0.25, -0.2) is 15.0 Å². The maximum Gasteiger partial charge on any atom is 0.223 e. The zero-order chi connectivity index (χ0) is 14.1. The fourth-order valence-corrected chi connectivity index (χ4v) is 2.94. The van der Waals surface area contributed by atoms with Gasteiger partial charge in [-0.15, -0.1) is 0 Å². The fourth-order valence-electron chi connectivity index (χ4n) is 1.80. The number of imidazole rings is 1. The predicted octanol–water partition coefficient (Wildman–Crippen LogP) is 3.47. The SMILES string of the molecule is COc1ccc2nc(Sc3cc(C)nc(Cl)n3)[nH]c2c1. The van der Waals surface area contributed by atoms with Crippen LogP contribution in [-0.4, -0.2) is 27.0 Å². The number of rotatable bonds is 3. The standard InChI is InChI=1S/C13H11ClN4OS/c1-7-5-11(18-12(14)15-7)20-13-16-9-4-3-8(19-2)6-10(9)17-13/h3-6H,1-2H3,(H,16,17). The highest BCUT2D eigenvalue weighted by atomic mass is 35.5. The van der Waals surface area contributed by atoms with E-state index in [0.717, 1.165) is 32.7 Å². The molecule has 0 bridgehead atoms. The molecule has 0 amide bonds. The minimum absolute atomic E-state index is 0.241. The molecule has 2 aromatic heterocycles. The zero-order valence-corrected chi connectivity index (χ0v) is 12.4. The van der Waals surface area contributed by atoms with Gasteiger partial charge < -0.3 is 9.72 Å². The average Bonchev–Trinajstić information content (AvgIpc) is 2.78. The molecule has 1 N–H and O–H groups in total. The topological polar surface area (TPSA) is 63.7 Å². The smallest absolute Gasteiger partial charge is 0.223 e. The Morgan fingerprint density at radius 2 is 2.05 bits per heavy atom. The summed E-state index contributed by atoms with van der Waals surface area (Å²) in [5.74, 6) is 0.790. The van der Waals surface area contributed by atoms with Crippen LogP contribution >= 0.6 is 23.4 Å². The number of ether oxygens (including phenoxy) is 1. The highest BCUT2D eigenvalue weighted by Crippen LogP contribution is 2.28. The molecular formula is C13H11ClN4OS. The number of H-pyrrole nitrogens is 1. The van der Waals surface area contributed by atoms with Gasteiger partial charge in [0.05, 0.1) is 18.1 Å². The highest BCUT2D eigenvalue weighted by molar-refractivity contribution is 7.99. The van der Waals surface area contributed by atoms with Gasteiger partial charge >= 0.3 is 0 Å². The number of hydrogen-bond donors (Lipinski definition) is 1. The number of methoxy groups -OCH3 is 1. The summed E-state index contributed by atoms with van der Waals surface area (Å²) in [5, 5.41) is 1.75. The third-order valence-electron chi connectivity index (χ3n) is 2.67. The third kappa shape index (κ3) is 2.71. The molecule has 0 saturated heterocycles. The molecule has 0 aliphatic carbocycles. The van der Waals surface area contributed by atoms with E-state index < -0.39 is 0 Å². The largest absolute Gasteiger partial charge is 0.497 e. The van der Waals surface area contributed by atoms with Crippen molar-refractivity contribution >= 4 is 34.4 Å². The molecule has 0 unspecified atom stereocenters. The van der Waals surface area contributed by atoms with Crippen LogP contribution < -0.4 is 4.74 Å². The van der Waals surface area contributed by atoms with Crippen LogP contribution in [0.3, 0.4) is 0 Å². The molecule has 0 spiro atoms. The minimum Gasteiger partial charge on any atom is -0.497 e. The number of hydrogen-bond acceptors (Lipinski definition) is 5. The van der Waals surface area contributed by atoms with Gasteiger partial charge in [-0.05, 0) is 48.5 Å². The van der Waals surface area contributed by atoms with Crippen molar-refractivity contribution in [3.8, 4) is 5.75 Å². The second-order valence-corrected chi connectivity index (χ2v) is 5.49. The van der Waals surface area contributed by atoms with Crippen molar-refractivity contribution in [2.24, 2.45) is 0 Å². The van der Waals surface area contributed by atoms with Crippen molar-refractivity contribution in [2.45, 2.75) is 17.1 Å². The van der Waals surface area contributed by atoms with Crippen LogP contribution in [0.25, 0.3) is 11.0 Å².